The molecule has 2 aromatic rings. The molecule has 0 fully saturated rings. The lowest BCUT2D eigenvalue weighted by Gasteiger charge is -1.95. The number of nitrogens with zero attached hydrogens (tertiary/aromatic N) is 2. The maximum Gasteiger partial charge on any atom is 0.260 e. The van der Waals surface area contributed by atoms with Crippen LogP contribution in [0.5, 0.6) is 0 Å². The average molecular weight is 209 g/mol. The van der Waals surface area contributed by atoms with E-state index < -0.39 is 0 Å². The van der Waals surface area contributed by atoms with Gasteiger partial charge in [0.1, 0.15) is 11.3 Å². The van der Waals surface area contributed by atoms with Gasteiger partial charge in [0.05, 0.1) is 11.8 Å². The van der Waals surface area contributed by atoms with Crippen LogP contribution in [0.1, 0.15) is 15.4 Å². The number of amides is 1. The molecule has 0 unspecified atom stereocenters. The van der Waals surface area contributed by atoms with Crippen molar-refractivity contribution in [2.45, 2.75) is 6.92 Å². The van der Waals surface area contributed by atoms with Gasteiger partial charge in [0.25, 0.3) is 5.91 Å². The lowest BCUT2D eigenvalue weighted by atomic mass is 10.3. The summed E-state index contributed by atoms with van der Waals surface area (Å²) in [5.41, 5.74) is 0.470. The van der Waals surface area contributed by atoms with Crippen LogP contribution in [0.15, 0.2) is 23.0 Å². The van der Waals surface area contributed by atoms with Crippen molar-refractivity contribution >= 4 is 22.4 Å². The van der Waals surface area contributed by atoms with E-state index in [2.05, 4.69) is 15.5 Å². The Bertz CT molecular complexity index is 435. The van der Waals surface area contributed by atoms with Gasteiger partial charge in [-0.1, -0.05) is 11.3 Å². The second-order valence-electron chi connectivity index (χ2n) is 2.59. The van der Waals surface area contributed by atoms with Crippen LogP contribution in [0.25, 0.3) is 0 Å². The zero-order valence-electron chi connectivity index (χ0n) is 7.35. The predicted octanol–water partition coefficient (Wildman–Crippen LogP) is 1.69. The van der Waals surface area contributed by atoms with Gasteiger partial charge in [-0.3, -0.25) is 10.1 Å². The number of anilines is 1. The molecule has 0 aliphatic heterocycles. The fourth-order valence-corrected chi connectivity index (χ4v) is 1.50. The molecule has 2 heterocycles. The molecule has 1 N–H and O–H groups in total. The zero-order chi connectivity index (χ0) is 9.97. The number of carbonyl (C=O) groups is 1. The molecule has 0 bridgehead atoms. The minimum atomic E-state index is -0.241. The third kappa shape index (κ3) is 1.80. The molecule has 0 radical (unpaired) electrons. The minimum absolute atomic E-state index is 0.241. The van der Waals surface area contributed by atoms with E-state index in [1.165, 1.54) is 23.9 Å². The first-order valence-electron chi connectivity index (χ1n) is 3.89. The zero-order valence-corrected chi connectivity index (χ0v) is 8.17. The number of aromatic nitrogens is 2. The van der Waals surface area contributed by atoms with Gasteiger partial charge in [0, 0.05) is 0 Å². The molecule has 0 saturated carbocycles. The van der Waals surface area contributed by atoms with Crippen LogP contribution in [0.3, 0.4) is 0 Å². The molecule has 72 valence electrons. The number of rotatable bonds is 2. The quantitative estimate of drug-likeness (QED) is 0.817. The van der Waals surface area contributed by atoms with Gasteiger partial charge in [-0.25, -0.2) is 0 Å². The molecule has 0 aliphatic rings. The van der Waals surface area contributed by atoms with Crippen LogP contribution in [0.2, 0.25) is 0 Å². The van der Waals surface area contributed by atoms with Gasteiger partial charge in [-0.2, -0.15) is 0 Å². The van der Waals surface area contributed by atoms with Crippen LogP contribution in [-0.2, 0) is 0 Å². The van der Waals surface area contributed by atoms with Gasteiger partial charge in [-0.15, -0.1) is 10.2 Å². The van der Waals surface area contributed by atoms with E-state index in [1.807, 2.05) is 6.92 Å². The standard InChI is InChI=1S/C8H7N3O2S/c1-5-10-11-8(14-5)9-7(12)6-2-3-13-4-6/h2-4H,1H3,(H,9,11,12). The Morgan fingerprint density at radius 3 is 3.00 bits per heavy atom. The summed E-state index contributed by atoms with van der Waals surface area (Å²) in [5.74, 6) is -0.241. The van der Waals surface area contributed by atoms with Crippen molar-refractivity contribution in [1.82, 2.24) is 10.2 Å². The molecule has 2 aromatic heterocycles. The van der Waals surface area contributed by atoms with E-state index in [4.69, 9.17) is 4.42 Å². The van der Waals surface area contributed by atoms with Crippen molar-refractivity contribution in [2.75, 3.05) is 5.32 Å². The summed E-state index contributed by atoms with van der Waals surface area (Å²) < 4.78 is 4.79. The predicted molar refractivity (Wildman–Crippen MR) is 51.3 cm³/mol. The van der Waals surface area contributed by atoms with Crippen molar-refractivity contribution in [3.63, 3.8) is 0 Å². The van der Waals surface area contributed by atoms with Crippen LogP contribution >= 0.6 is 11.3 Å². The molecule has 5 nitrogen and oxygen atoms in total. The third-order valence-electron chi connectivity index (χ3n) is 1.53. The maximum atomic E-state index is 11.5. The lowest BCUT2D eigenvalue weighted by Crippen LogP contribution is -2.10. The number of furan rings is 1. The summed E-state index contributed by atoms with van der Waals surface area (Å²) in [4.78, 5) is 11.5. The number of hydrogen-bond acceptors (Lipinski definition) is 5. The number of nitrogens with one attached hydrogen (secondary N) is 1. The van der Waals surface area contributed by atoms with Gasteiger partial charge >= 0.3 is 0 Å². The number of carbonyl (C=O) groups excluding carboxylic acids is 1. The van der Waals surface area contributed by atoms with Crippen molar-refractivity contribution in [3.8, 4) is 0 Å². The normalized spacial score (nSPS) is 10.1. The van der Waals surface area contributed by atoms with Crippen LogP contribution in [-0.4, -0.2) is 16.1 Å². The molecule has 0 saturated heterocycles. The summed E-state index contributed by atoms with van der Waals surface area (Å²) in [7, 11) is 0. The van der Waals surface area contributed by atoms with E-state index >= 15 is 0 Å². The summed E-state index contributed by atoms with van der Waals surface area (Å²) in [6.45, 7) is 1.82. The van der Waals surface area contributed by atoms with Gasteiger partial charge in [-0.05, 0) is 13.0 Å². The Hall–Kier alpha value is -1.69. The van der Waals surface area contributed by atoms with Crippen molar-refractivity contribution in [2.24, 2.45) is 0 Å². The molecule has 2 rings (SSSR count). The highest BCUT2D eigenvalue weighted by Gasteiger charge is 2.09. The van der Waals surface area contributed by atoms with Gasteiger partial charge in [0.2, 0.25) is 5.13 Å². The first-order valence-corrected chi connectivity index (χ1v) is 4.71. The highest BCUT2D eigenvalue weighted by molar-refractivity contribution is 7.15. The van der Waals surface area contributed by atoms with Gasteiger partial charge < -0.3 is 4.42 Å². The summed E-state index contributed by atoms with van der Waals surface area (Å²) >= 11 is 1.33. The molecule has 0 atom stereocenters. The average Bonchev–Trinajstić information content (AvgIpc) is 2.75. The molecular formula is C8H7N3O2S. The Morgan fingerprint density at radius 2 is 2.43 bits per heavy atom. The Kier molecular flexibility index (Phi) is 2.28. The van der Waals surface area contributed by atoms with Crippen molar-refractivity contribution in [1.29, 1.82) is 0 Å². The smallest absolute Gasteiger partial charge is 0.260 e. The van der Waals surface area contributed by atoms with E-state index in [0.29, 0.717) is 10.7 Å². The molecule has 0 spiro atoms. The monoisotopic (exact) mass is 209 g/mol. The fourth-order valence-electron chi connectivity index (χ4n) is 0.910. The van der Waals surface area contributed by atoms with Crippen LogP contribution in [0, 0.1) is 6.92 Å². The third-order valence-corrected chi connectivity index (χ3v) is 2.28. The SMILES string of the molecule is Cc1nnc(NC(=O)c2ccoc2)s1. The first kappa shape index (κ1) is 8.89. The van der Waals surface area contributed by atoms with Crippen molar-refractivity contribution < 1.29 is 9.21 Å². The molecular weight excluding hydrogens is 202 g/mol. The maximum absolute atomic E-state index is 11.5. The summed E-state index contributed by atoms with van der Waals surface area (Å²) in [6.07, 6.45) is 2.82. The highest BCUT2D eigenvalue weighted by Crippen LogP contribution is 2.14. The highest BCUT2D eigenvalue weighted by atomic mass is 32.1. The van der Waals surface area contributed by atoms with Crippen molar-refractivity contribution in [3.05, 3.63) is 29.2 Å². The van der Waals surface area contributed by atoms with E-state index in [-0.39, 0.29) is 5.91 Å². The minimum Gasteiger partial charge on any atom is -0.472 e. The summed E-state index contributed by atoms with van der Waals surface area (Å²) in [6, 6.07) is 1.59. The van der Waals surface area contributed by atoms with Gasteiger partial charge in [0.15, 0.2) is 0 Å². The van der Waals surface area contributed by atoms with E-state index in [9.17, 15) is 4.79 Å². The lowest BCUT2D eigenvalue weighted by molar-refractivity contribution is 0.102. The van der Waals surface area contributed by atoms with E-state index in [0.717, 1.165) is 5.01 Å². The topological polar surface area (TPSA) is 68.0 Å². The largest absolute Gasteiger partial charge is 0.472 e. The Morgan fingerprint density at radius 1 is 1.57 bits per heavy atom. The summed E-state index contributed by atoms with van der Waals surface area (Å²) in [5, 5.41) is 11.5. The number of aryl methyl sites for hydroxylation is 1. The molecule has 0 aromatic carbocycles. The number of hydrogen-bond donors (Lipinski definition) is 1. The second-order valence-corrected chi connectivity index (χ2v) is 3.77. The molecule has 0 aliphatic carbocycles. The first-order chi connectivity index (χ1) is 6.75. The van der Waals surface area contributed by atoms with Crippen LogP contribution < -0.4 is 5.32 Å². The Balaban J connectivity index is 2.09. The Labute approximate surface area is 83.8 Å². The van der Waals surface area contributed by atoms with Crippen LogP contribution in [0.4, 0.5) is 5.13 Å². The molecule has 1 amide bonds. The second kappa shape index (κ2) is 3.59. The fraction of sp³-hybridized carbons (Fsp3) is 0.125. The molecule has 6 heteroatoms. The molecule has 14 heavy (non-hydrogen) atoms. The van der Waals surface area contributed by atoms with E-state index in [1.54, 1.807) is 6.07 Å².